The number of alkyl halides is 2. The SMILES string of the molecule is CC(F)(F)COCC12CC3CC(C1)C(O)C(C3)C2. The predicted octanol–water partition coefficient (Wildman–Crippen LogP) is 2.85. The lowest BCUT2D eigenvalue weighted by molar-refractivity contribution is -0.166. The smallest absolute Gasteiger partial charge is 0.268 e. The van der Waals surface area contributed by atoms with E-state index in [0.717, 1.165) is 39.0 Å². The van der Waals surface area contributed by atoms with Gasteiger partial charge in [-0.15, -0.1) is 0 Å². The minimum absolute atomic E-state index is 0.0843. The van der Waals surface area contributed by atoms with E-state index in [-0.39, 0.29) is 11.5 Å². The van der Waals surface area contributed by atoms with Crippen LogP contribution < -0.4 is 0 Å². The molecule has 0 spiro atoms. The Labute approximate surface area is 107 Å². The average molecular weight is 260 g/mol. The zero-order chi connectivity index (χ0) is 13.0. The first kappa shape index (κ1) is 12.8. The molecule has 0 radical (unpaired) electrons. The second kappa shape index (κ2) is 4.14. The van der Waals surface area contributed by atoms with E-state index in [1.807, 2.05) is 0 Å². The van der Waals surface area contributed by atoms with E-state index in [4.69, 9.17) is 4.74 Å². The van der Waals surface area contributed by atoms with Crippen LogP contribution in [0.15, 0.2) is 0 Å². The molecule has 4 aliphatic carbocycles. The van der Waals surface area contributed by atoms with Gasteiger partial charge in [-0.3, -0.25) is 0 Å². The third-order valence-corrected chi connectivity index (χ3v) is 5.11. The van der Waals surface area contributed by atoms with Crippen LogP contribution in [0.4, 0.5) is 8.78 Å². The second-order valence-electron chi connectivity index (χ2n) is 7.02. The van der Waals surface area contributed by atoms with E-state index in [9.17, 15) is 13.9 Å². The molecule has 0 saturated heterocycles. The minimum atomic E-state index is -2.73. The fraction of sp³-hybridized carbons (Fsp3) is 1.00. The Bertz CT molecular complexity index is 310. The standard InChI is InChI=1S/C14H22F2O2/c1-13(15,16)7-18-8-14-4-9-2-10(5-14)12(17)11(3-9)6-14/h9-12,17H,2-8H2,1H3. The Hall–Kier alpha value is -0.220. The molecule has 0 aromatic carbocycles. The summed E-state index contributed by atoms with van der Waals surface area (Å²) in [5.74, 6) is -1.26. The molecule has 4 saturated carbocycles. The molecule has 2 atom stereocenters. The van der Waals surface area contributed by atoms with Crippen molar-refractivity contribution in [3.8, 4) is 0 Å². The number of hydrogen-bond acceptors (Lipinski definition) is 2. The van der Waals surface area contributed by atoms with Gasteiger partial charge >= 0.3 is 0 Å². The fourth-order valence-electron chi connectivity index (χ4n) is 4.79. The summed E-state index contributed by atoms with van der Waals surface area (Å²) in [7, 11) is 0. The number of aliphatic hydroxyl groups is 1. The van der Waals surface area contributed by atoms with Crippen LogP contribution in [0.2, 0.25) is 0 Å². The zero-order valence-corrected chi connectivity index (χ0v) is 10.9. The first-order valence-corrected chi connectivity index (χ1v) is 7.01. The summed E-state index contributed by atoms with van der Waals surface area (Å²) in [4.78, 5) is 0. The van der Waals surface area contributed by atoms with E-state index in [2.05, 4.69) is 0 Å². The van der Waals surface area contributed by atoms with E-state index in [1.165, 1.54) is 0 Å². The number of rotatable bonds is 4. The topological polar surface area (TPSA) is 29.5 Å². The van der Waals surface area contributed by atoms with E-state index in [1.54, 1.807) is 0 Å². The predicted molar refractivity (Wildman–Crippen MR) is 63.4 cm³/mol. The molecule has 4 rings (SSSR count). The highest BCUT2D eigenvalue weighted by molar-refractivity contribution is 5.05. The molecule has 0 heterocycles. The van der Waals surface area contributed by atoms with Crippen LogP contribution in [0.5, 0.6) is 0 Å². The molecular formula is C14H22F2O2. The lowest BCUT2D eigenvalue weighted by Gasteiger charge is -2.58. The van der Waals surface area contributed by atoms with Crippen LogP contribution in [-0.2, 0) is 4.74 Å². The van der Waals surface area contributed by atoms with Crippen LogP contribution in [0.25, 0.3) is 0 Å². The van der Waals surface area contributed by atoms with Crippen molar-refractivity contribution in [2.75, 3.05) is 13.2 Å². The van der Waals surface area contributed by atoms with Crippen LogP contribution in [0.1, 0.15) is 39.0 Å². The molecule has 1 N–H and O–H groups in total. The monoisotopic (exact) mass is 260 g/mol. The molecule has 4 fully saturated rings. The van der Waals surface area contributed by atoms with Gasteiger partial charge in [-0.1, -0.05) is 0 Å². The van der Waals surface area contributed by atoms with E-state index < -0.39 is 12.5 Å². The molecule has 0 aliphatic heterocycles. The van der Waals surface area contributed by atoms with Gasteiger partial charge in [-0.25, -0.2) is 8.78 Å². The van der Waals surface area contributed by atoms with Crippen molar-refractivity contribution in [1.29, 1.82) is 0 Å². The van der Waals surface area contributed by atoms with Gasteiger partial charge in [0.25, 0.3) is 5.92 Å². The lowest BCUT2D eigenvalue weighted by atomic mass is 9.49. The number of aliphatic hydroxyl groups excluding tert-OH is 1. The van der Waals surface area contributed by atoms with Gasteiger partial charge in [0.1, 0.15) is 6.61 Å². The van der Waals surface area contributed by atoms with E-state index >= 15 is 0 Å². The molecule has 4 bridgehead atoms. The maximum atomic E-state index is 12.8. The molecule has 4 aliphatic rings. The summed E-state index contributed by atoms with van der Waals surface area (Å²) >= 11 is 0. The van der Waals surface area contributed by atoms with Gasteiger partial charge in [0.05, 0.1) is 12.7 Å². The highest BCUT2D eigenvalue weighted by Gasteiger charge is 2.55. The molecule has 2 nitrogen and oxygen atoms in total. The Kier molecular flexibility index (Phi) is 2.94. The van der Waals surface area contributed by atoms with Crippen molar-refractivity contribution < 1.29 is 18.6 Å². The number of halogens is 2. The van der Waals surface area contributed by atoms with Crippen molar-refractivity contribution >= 4 is 0 Å². The third-order valence-electron chi connectivity index (χ3n) is 5.11. The Balaban J connectivity index is 1.62. The zero-order valence-electron chi connectivity index (χ0n) is 10.9. The minimum Gasteiger partial charge on any atom is -0.393 e. The maximum absolute atomic E-state index is 12.8. The summed E-state index contributed by atoms with van der Waals surface area (Å²) in [6.45, 7) is 0.875. The second-order valence-corrected chi connectivity index (χ2v) is 7.02. The fourth-order valence-corrected chi connectivity index (χ4v) is 4.79. The van der Waals surface area contributed by atoms with Gasteiger partial charge in [-0.05, 0) is 55.3 Å². The highest BCUT2D eigenvalue weighted by atomic mass is 19.3. The van der Waals surface area contributed by atoms with Crippen molar-refractivity contribution in [3.63, 3.8) is 0 Å². The summed E-state index contributed by atoms with van der Waals surface area (Å²) in [6.07, 6.45) is 5.16. The molecule has 0 amide bonds. The van der Waals surface area contributed by atoms with Crippen LogP contribution in [-0.4, -0.2) is 30.3 Å². The first-order chi connectivity index (χ1) is 8.37. The average Bonchev–Trinajstić information content (AvgIpc) is 2.22. The van der Waals surface area contributed by atoms with Crippen molar-refractivity contribution in [3.05, 3.63) is 0 Å². The van der Waals surface area contributed by atoms with Gasteiger partial charge in [-0.2, -0.15) is 0 Å². The van der Waals surface area contributed by atoms with Crippen molar-refractivity contribution in [2.24, 2.45) is 23.2 Å². The summed E-state index contributed by atoms with van der Waals surface area (Å²) in [5, 5.41) is 10.1. The van der Waals surface area contributed by atoms with Gasteiger partial charge in [0, 0.05) is 6.92 Å². The van der Waals surface area contributed by atoms with Gasteiger partial charge < -0.3 is 9.84 Å². The Morgan fingerprint density at radius 1 is 1.22 bits per heavy atom. The molecular weight excluding hydrogens is 238 g/mol. The number of hydrogen-bond donors (Lipinski definition) is 1. The lowest BCUT2D eigenvalue weighted by Crippen LogP contribution is -2.55. The summed E-state index contributed by atoms with van der Waals surface area (Å²) in [6, 6.07) is 0. The molecule has 0 aromatic rings. The number of ether oxygens (including phenoxy) is 1. The van der Waals surface area contributed by atoms with Crippen LogP contribution >= 0.6 is 0 Å². The van der Waals surface area contributed by atoms with Crippen molar-refractivity contribution in [2.45, 2.75) is 51.1 Å². The molecule has 2 unspecified atom stereocenters. The molecule has 18 heavy (non-hydrogen) atoms. The van der Waals surface area contributed by atoms with Crippen molar-refractivity contribution in [1.82, 2.24) is 0 Å². The maximum Gasteiger partial charge on any atom is 0.268 e. The van der Waals surface area contributed by atoms with Crippen LogP contribution in [0, 0.1) is 23.2 Å². The van der Waals surface area contributed by atoms with Gasteiger partial charge in [0.15, 0.2) is 0 Å². The molecule has 0 aromatic heterocycles. The van der Waals surface area contributed by atoms with E-state index in [0.29, 0.717) is 24.4 Å². The normalized spacial score (nSPS) is 46.7. The first-order valence-electron chi connectivity index (χ1n) is 7.01. The Morgan fingerprint density at radius 2 is 1.83 bits per heavy atom. The van der Waals surface area contributed by atoms with Crippen LogP contribution in [0.3, 0.4) is 0 Å². The highest BCUT2D eigenvalue weighted by Crippen LogP contribution is 2.60. The largest absolute Gasteiger partial charge is 0.393 e. The summed E-state index contributed by atoms with van der Waals surface area (Å²) in [5.41, 5.74) is 0.0843. The third kappa shape index (κ3) is 2.29. The Morgan fingerprint density at radius 3 is 2.39 bits per heavy atom. The quantitative estimate of drug-likeness (QED) is 0.842. The van der Waals surface area contributed by atoms with Gasteiger partial charge in [0.2, 0.25) is 0 Å². The molecule has 104 valence electrons. The summed E-state index contributed by atoms with van der Waals surface area (Å²) < 4.78 is 30.8. The molecule has 4 heteroatoms.